The molecule has 8 nitrogen and oxygen atoms in total. The van der Waals surface area contributed by atoms with E-state index in [0.717, 1.165) is 0 Å². The minimum absolute atomic E-state index is 0.0784. The average molecular weight is 413 g/mol. The quantitative estimate of drug-likeness (QED) is 0.422. The SMILES string of the molecule is COc1cc([N+](=O)[O-])ccc1NC(=O)COC(=O)Cc1ccc(Cl)c(Cl)c1. The van der Waals surface area contributed by atoms with Crippen LogP contribution in [0.3, 0.4) is 0 Å². The Morgan fingerprint density at radius 3 is 2.52 bits per heavy atom. The van der Waals surface area contributed by atoms with Crippen LogP contribution in [-0.4, -0.2) is 30.5 Å². The molecule has 0 radical (unpaired) electrons. The Morgan fingerprint density at radius 2 is 1.89 bits per heavy atom. The van der Waals surface area contributed by atoms with Gasteiger partial charge in [-0.3, -0.25) is 19.7 Å². The first kappa shape index (κ1) is 20.5. The Hall–Kier alpha value is -2.84. The van der Waals surface area contributed by atoms with Gasteiger partial charge in [-0.25, -0.2) is 0 Å². The van der Waals surface area contributed by atoms with Gasteiger partial charge < -0.3 is 14.8 Å². The molecule has 0 aliphatic rings. The summed E-state index contributed by atoms with van der Waals surface area (Å²) in [5, 5.41) is 13.9. The molecular weight excluding hydrogens is 399 g/mol. The topological polar surface area (TPSA) is 108 Å². The summed E-state index contributed by atoms with van der Waals surface area (Å²) < 4.78 is 9.92. The number of anilines is 1. The van der Waals surface area contributed by atoms with Crippen molar-refractivity contribution in [2.75, 3.05) is 19.0 Å². The van der Waals surface area contributed by atoms with Gasteiger partial charge in [-0.1, -0.05) is 29.3 Å². The number of halogens is 2. The van der Waals surface area contributed by atoms with E-state index in [1.807, 2.05) is 0 Å². The van der Waals surface area contributed by atoms with Gasteiger partial charge in [-0.2, -0.15) is 0 Å². The first-order chi connectivity index (χ1) is 12.8. The number of carbonyl (C=O) groups is 2. The average Bonchev–Trinajstić information content (AvgIpc) is 2.63. The van der Waals surface area contributed by atoms with Crippen LogP contribution in [0.2, 0.25) is 10.0 Å². The number of esters is 1. The Bertz CT molecular complexity index is 888. The molecule has 0 bridgehead atoms. The summed E-state index contributed by atoms with van der Waals surface area (Å²) in [6, 6.07) is 8.43. The van der Waals surface area contributed by atoms with Crippen molar-refractivity contribution in [3.05, 3.63) is 62.1 Å². The molecule has 0 atom stereocenters. The highest BCUT2D eigenvalue weighted by Crippen LogP contribution is 2.29. The molecule has 0 aliphatic carbocycles. The maximum Gasteiger partial charge on any atom is 0.310 e. The number of amides is 1. The van der Waals surface area contributed by atoms with E-state index in [-0.39, 0.29) is 23.5 Å². The number of hydrogen-bond acceptors (Lipinski definition) is 6. The van der Waals surface area contributed by atoms with Gasteiger partial charge in [0.1, 0.15) is 5.75 Å². The molecule has 1 N–H and O–H groups in total. The van der Waals surface area contributed by atoms with E-state index < -0.39 is 23.4 Å². The van der Waals surface area contributed by atoms with Gasteiger partial charge in [0.2, 0.25) is 0 Å². The molecule has 0 unspecified atom stereocenters. The number of benzene rings is 2. The van der Waals surface area contributed by atoms with E-state index in [4.69, 9.17) is 32.7 Å². The Labute approximate surface area is 164 Å². The third-order valence-corrected chi connectivity index (χ3v) is 4.11. The van der Waals surface area contributed by atoms with E-state index in [1.165, 1.54) is 31.4 Å². The van der Waals surface area contributed by atoms with E-state index in [9.17, 15) is 19.7 Å². The fourth-order valence-corrected chi connectivity index (χ4v) is 2.42. The molecular formula is C17H14Cl2N2O6. The zero-order valence-corrected chi connectivity index (χ0v) is 15.5. The third-order valence-electron chi connectivity index (χ3n) is 3.37. The van der Waals surface area contributed by atoms with Crippen molar-refractivity contribution >= 4 is 46.5 Å². The molecule has 2 aromatic rings. The summed E-state index contributed by atoms with van der Waals surface area (Å²) in [6.07, 6.45) is -0.0784. The summed E-state index contributed by atoms with van der Waals surface area (Å²) in [4.78, 5) is 33.9. The lowest BCUT2D eigenvalue weighted by atomic mass is 10.1. The second-order valence-corrected chi connectivity index (χ2v) is 6.09. The first-order valence-electron chi connectivity index (χ1n) is 7.52. The Morgan fingerprint density at radius 1 is 1.15 bits per heavy atom. The second-order valence-electron chi connectivity index (χ2n) is 5.28. The number of nitrogens with zero attached hydrogens (tertiary/aromatic N) is 1. The van der Waals surface area contributed by atoms with E-state index in [0.29, 0.717) is 15.6 Å². The normalized spacial score (nSPS) is 10.2. The number of ether oxygens (including phenoxy) is 2. The second kappa shape index (κ2) is 9.20. The molecule has 0 aliphatic heterocycles. The molecule has 0 spiro atoms. The van der Waals surface area contributed by atoms with Crippen molar-refractivity contribution in [1.82, 2.24) is 0 Å². The maximum atomic E-state index is 11.9. The van der Waals surface area contributed by atoms with Crippen LogP contribution in [-0.2, 0) is 20.7 Å². The summed E-state index contributed by atoms with van der Waals surface area (Å²) in [5.74, 6) is -1.14. The predicted molar refractivity (Wildman–Crippen MR) is 99.4 cm³/mol. The number of nitrogens with one attached hydrogen (secondary N) is 1. The monoisotopic (exact) mass is 412 g/mol. The summed E-state index contributed by atoms with van der Waals surface area (Å²) >= 11 is 11.7. The van der Waals surface area contributed by atoms with Crippen molar-refractivity contribution in [3.8, 4) is 5.75 Å². The molecule has 0 aromatic heterocycles. The van der Waals surface area contributed by atoms with Gasteiger partial charge in [0, 0.05) is 6.07 Å². The largest absolute Gasteiger partial charge is 0.494 e. The van der Waals surface area contributed by atoms with Crippen molar-refractivity contribution in [2.45, 2.75) is 6.42 Å². The first-order valence-corrected chi connectivity index (χ1v) is 8.27. The predicted octanol–water partition coefficient (Wildman–Crippen LogP) is 3.63. The zero-order chi connectivity index (χ0) is 20.0. The molecule has 1 amide bonds. The maximum absolute atomic E-state index is 11.9. The highest BCUT2D eigenvalue weighted by Gasteiger charge is 2.15. The van der Waals surface area contributed by atoms with Crippen LogP contribution >= 0.6 is 23.2 Å². The third kappa shape index (κ3) is 5.83. The number of hydrogen-bond donors (Lipinski definition) is 1. The molecule has 0 fully saturated rings. The molecule has 0 saturated heterocycles. The van der Waals surface area contributed by atoms with E-state index in [1.54, 1.807) is 12.1 Å². The lowest BCUT2D eigenvalue weighted by Crippen LogP contribution is -2.22. The summed E-state index contributed by atoms with van der Waals surface area (Å²) in [7, 11) is 1.31. The molecule has 0 saturated carbocycles. The minimum Gasteiger partial charge on any atom is -0.494 e. The van der Waals surface area contributed by atoms with Crippen molar-refractivity contribution in [2.24, 2.45) is 0 Å². The van der Waals surface area contributed by atoms with Crippen LogP contribution < -0.4 is 10.1 Å². The van der Waals surface area contributed by atoms with Crippen LogP contribution in [0.5, 0.6) is 5.75 Å². The smallest absolute Gasteiger partial charge is 0.310 e. The van der Waals surface area contributed by atoms with Crippen LogP contribution in [0.25, 0.3) is 0 Å². The van der Waals surface area contributed by atoms with Crippen molar-refractivity contribution < 1.29 is 24.0 Å². The van der Waals surface area contributed by atoms with Crippen molar-refractivity contribution in [3.63, 3.8) is 0 Å². The van der Waals surface area contributed by atoms with Gasteiger partial charge in [0.15, 0.2) is 6.61 Å². The van der Waals surface area contributed by atoms with Crippen LogP contribution in [0.4, 0.5) is 11.4 Å². The number of non-ortho nitro benzene ring substituents is 1. The lowest BCUT2D eigenvalue weighted by molar-refractivity contribution is -0.384. The fraction of sp³-hybridized carbons (Fsp3) is 0.176. The lowest BCUT2D eigenvalue weighted by Gasteiger charge is -2.10. The van der Waals surface area contributed by atoms with E-state index >= 15 is 0 Å². The molecule has 142 valence electrons. The van der Waals surface area contributed by atoms with Gasteiger partial charge in [0.25, 0.3) is 11.6 Å². The molecule has 2 aromatic carbocycles. The number of rotatable bonds is 7. The van der Waals surface area contributed by atoms with Gasteiger partial charge >= 0.3 is 5.97 Å². The van der Waals surface area contributed by atoms with Crippen molar-refractivity contribution in [1.29, 1.82) is 0 Å². The fourth-order valence-electron chi connectivity index (χ4n) is 2.10. The van der Waals surface area contributed by atoms with Crippen LogP contribution in [0.15, 0.2) is 36.4 Å². The Kier molecular flexibility index (Phi) is 6.98. The van der Waals surface area contributed by atoms with Crippen LogP contribution in [0, 0.1) is 10.1 Å². The summed E-state index contributed by atoms with van der Waals surface area (Å²) in [6.45, 7) is -0.527. The molecule has 2 rings (SSSR count). The highest BCUT2D eigenvalue weighted by molar-refractivity contribution is 6.42. The molecule has 0 heterocycles. The number of nitro groups is 1. The minimum atomic E-state index is -0.626. The summed E-state index contributed by atoms with van der Waals surface area (Å²) in [5.41, 5.74) is 0.624. The molecule has 27 heavy (non-hydrogen) atoms. The zero-order valence-electron chi connectivity index (χ0n) is 14.0. The standard InChI is InChI=1S/C17H14Cl2N2O6/c1-26-15-8-11(21(24)25)3-5-14(15)20-16(22)9-27-17(23)7-10-2-4-12(18)13(19)6-10/h2-6,8H,7,9H2,1H3,(H,20,22). The van der Waals surface area contributed by atoms with Crippen LogP contribution in [0.1, 0.15) is 5.56 Å². The van der Waals surface area contributed by atoms with E-state index in [2.05, 4.69) is 5.32 Å². The highest BCUT2D eigenvalue weighted by atomic mass is 35.5. The number of methoxy groups -OCH3 is 1. The van der Waals surface area contributed by atoms with Gasteiger partial charge in [-0.15, -0.1) is 0 Å². The van der Waals surface area contributed by atoms with Gasteiger partial charge in [-0.05, 0) is 23.8 Å². The van der Waals surface area contributed by atoms with Gasteiger partial charge in [0.05, 0.1) is 40.3 Å². The number of carbonyl (C=O) groups excluding carboxylic acids is 2. The number of nitro benzene ring substituents is 1. The molecule has 10 heteroatoms. The Balaban J connectivity index is 1.91.